The van der Waals surface area contributed by atoms with Crippen LogP contribution in [-0.4, -0.2) is 31.1 Å². The van der Waals surface area contributed by atoms with Crippen molar-refractivity contribution in [2.45, 2.75) is 31.3 Å². The average Bonchev–Trinajstić information content (AvgIpc) is 3.10. The lowest BCUT2D eigenvalue weighted by Gasteiger charge is -2.34. The Labute approximate surface area is 163 Å². The summed E-state index contributed by atoms with van der Waals surface area (Å²) in [6.07, 6.45) is 1.97. The van der Waals surface area contributed by atoms with Crippen LogP contribution in [0, 0.1) is 5.82 Å². The van der Waals surface area contributed by atoms with Gasteiger partial charge in [0.05, 0.1) is 6.04 Å². The minimum Gasteiger partial charge on any atom is -0.461 e. The molecule has 3 aromatic rings. The number of carbonyl (C=O) groups excluding carboxylic acids is 1. The normalized spacial score (nSPS) is 16.3. The fourth-order valence-electron chi connectivity index (χ4n) is 3.71. The first-order chi connectivity index (χ1) is 13.6. The average molecular weight is 381 g/mol. The van der Waals surface area contributed by atoms with Gasteiger partial charge in [0.2, 0.25) is 5.91 Å². The quantitative estimate of drug-likeness (QED) is 0.712. The molecule has 1 aliphatic rings. The summed E-state index contributed by atoms with van der Waals surface area (Å²) in [5, 5.41) is 4.06. The van der Waals surface area contributed by atoms with E-state index in [2.05, 4.69) is 10.2 Å². The predicted octanol–water partition coefficient (Wildman–Crippen LogP) is 3.23. The molecule has 0 bridgehead atoms. The first kappa shape index (κ1) is 18.5. The maximum atomic E-state index is 13.4. The highest BCUT2D eigenvalue weighted by Gasteiger charge is 2.24. The number of nitrogens with zero attached hydrogens (tertiary/aromatic N) is 1. The maximum Gasteiger partial charge on any atom is 0.237 e. The van der Waals surface area contributed by atoms with Crippen molar-refractivity contribution in [3.8, 4) is 0 Å². The summed E-state index contributed by atoms with van der Waals surface area (Å²) >= 11 is 0. The number of nitrogens with two attached hydrogens (primary N) is 1. The predicted molar refractivity (Wildman–Crippen MR) is 108 cm³/mol. The summed E-state index contributed by atoms with van der Waals surface area (Å²) in [4.78, 5) is 14.6. The molecule has 0 radical (unpaired) electrons. The summed E-state index contributed by atoms with van der Waals surface area (Å²) in [5.41, 5.74) is 7.78. The number of amides is 1. The Bertz CT molecular complexity index is 930. The number of benzene rings is 2. The maximum absolute atomic E-state index is 13.4. The van der Waals surface area contributed by atoms with Gasteiger partial charge in [-0.1, -0.05) is 24.3 Å². The summed E-state index contributed by atoms with van der Waals surface area (Å²) in [5.74, 6) is 0.318. The second kappa shape index (κ2) is 8.02. The molecule has 1 amide bonds. The number of piperidine rings is 1. The van der Waals surface area contributed by atoms with Gasteiger partial charge in [0, 0.05) is 36.6 Å². The van der Waals surface area contributed by atoms with Gasteiger partial charge in [-0.25, -0.2) is 4.39 Å². The second-order valence-corrected chi connectivity index (χ2v) is 7.31. The van der Waals surface area contributed by atoms with Gasteiger partial charge in [-0.2, -0.15) is 0 Å². The lowest BCUT2D eigenvalue weighted by atomic mass is 10.0. The standard InChI is InChI=1S/C22H24FN3O2/c23-16-5-3-6-18(13-16)26-10-8-17(9-11-26)25-22(27)20(24)14-19-12-15-4-1-2-7-21(15)28-19/h1-7,12-13,17,20H,8-11,14,24H2,(H,25,27). The van der Waals surface area contributed by atoms with E-state index >= 15 is 0 Å². The van der Waals surface area contributed by atoms with E-state index in [1.807, 2.05) is 36.4 Å². The fraction of sp³-hybridized carbons (Fsp3) is 0.318. The molecule has 0 saturated carbocycles. The molecule has 2 aromatic carbocycles. The highest BCUT2D eigenvalue weighted by atomic mass is 19.1. The summed E-state index contributed by atoms with van der Waals surface area (Å²) in [7, 11) is 0. The number of anilines is 1. The van der Waals surface area contributed by atoms with Crippen LogP contribution in [0.5, 0.6) is 0 Å². The summed E-state index contributed by atoms with van der Waals surface area (Å²) < 4.78 is 19.2. The molecule has 1 fully saturated rings. The van der Waals surface area contributed by atoms with E-state index in [0.29, 0.717) is 12.2 Å². The van der Waals surface area contributed by atoms with Crippen molar-refractivity contribution in [1.29, 1.82) is 0 Å². The van der Waals surface area contributed by atoms with E-state index in [0.717, 1.165) is 42.6 Å². The van der Waals surface area contributed by atoms with Gasteiger partial charge < -0.3 is 20.4 Å². The van der Waals surface area contributed by atoms with Crippen molar-refractivity contribution < 1.29 is 13.6 Å². The SMILES string of the molecule is NC(Cc1cc2ccccc2o1)C(=O)NC1CCN(c2cccc(F)c2)CC1. The van der Waals surface area contributed by atoms with Crippen LogP contribution in [0.2, 0.25) is 0 Å². The minimum absolute atomic E-state index is 0.0824. The highest BCUT2D eigenvalue weighted by molar-refractivity contribution is 5.82. The fourth-order valence-corrected chi connectivity index (χ4v) is 3.71. The van der Waals surface area contributed by atoms with Gasteiger partial charge in [0.25, 0.3) is 0 Å². The van der Waals surface area contributed by atoms with Crippen molar-refractivity contribution in [3.63, 3.8) is 0 Å². The second-order valence-electron chi connectivity index (χ2n) is 7.31. The number of fused-ring (bicyclic) bond motifs is 1. The Morgan fingerprint density at radius 1 is 1.18 bits per heavy atom. The lowest BCUT2D eigenvalue weighted by molar-refractivity contribution is -0.123. The van der Waals surface area contributed by atoms with Crippen LogP contribution in [0.1, 0.15) is 18.6 Å². The van der Waals surface area contributed by atoms with E-state index in [-0.39, 0.29) is 17.8 Å². The van der Waals surface area contributed by atoms with Crippen molar-refractivity contribution in [1.82, 2.24) is 5.32 Å². The molecule has 1 unspecified atom stereocenters. The van der Waals surface area contributed by atoms with Crippen LogP contribution in [0.3, 0.4) is 0 Å². The molecular weight excluding hydrogens is 357 g/mol. The molecule has 1 aliphatic heterocycles. The molecule has 0 aliphatic carbocycles. The smallest absolute Gasteiger partial charge is 0.237 e. The Morgan fingerprint density at radius 3 is 2.71 bits per heavy atom. The number of carbonyl (C=O) groups is 1. The van der Waals surface area contributed by atoms with Crippen LogP contribution in [0.4, 0.5) is 10.1 Å². The van der Waals surface area contributed by atoms with E-state index in [9.17, 15) is 9.18 Å². The van der Waals surface area contributed by atoms with Gasteiger partial charge in [-0.3, -0.25) is 4.79 Å². The highest BCUT2D eigenvalue weighted by Crippen LogP contribution is 2.22. The van der Waals surface area contributed by atoms with E-state index < -0.39 is 6.04 Å². The molecule has 2 heterocycles. The zero-order valence-corrected chi connectivity index (χ0v) is 15.6. The van der Waals surface area contributed by atoms with Crippen LogP contribution in [0.25, 0.3) is 11.0 Å². The summed E-state index contributed by atoms with van der Waals surface area (Å²) in [6, 6.07) is 15.7. The van der Waals surface area contributed by atoms with Crippen LogP contribution in [0.15, 0.2) is 59.0 Å². The molecule has 0 spiro atoms. The van der Waals surface area contributed by atoms with E-state index in [1.165, 1.54) is 6.07 Å². The zero-order chi connectivity index (χ0) is 19.5. The molecule has 6 heteroatoms. The Hall–Kier alpha value is -2.86. The number of furan rings is 1. The molecule has 28 heavy (non-hydrogen) atoms. The van der Waals surface area contributed by atoms with Crippen molar-refractivity contribution in [2.24, 2.45) is 5.73 Å². The third kappa shape index (κ3) is 4.17. The first-order valence-corrected chi connectivity index (χ1v) is 9.62. The van der Waals surface area contributed by atoms with E-state index in [4.69, 9.17) is 10.2 Å². The molecule has 1 aromatic heterocycles. The van der Waals surface area contributed by atoms with Gasteiger partial charge in [0.15, 0.2) is 0 Å². The first-order valence-electron chi connectivity index (χ1n) is 9.62. The summed E-state index contributed by atoms with van der Waals surface area (Å²) in [6.45, 7) is 1.54. The molecular formula is C22H24FN3O2. The largest absolute Gasteiger partial charge is 0.461 e. The Balaban J connectivity index is 1.29. The van der Waals surface area contributed by atoms with Gasteiger partial charge in [0.1, 0.15) is 17.2 Å². The van der Waals surface area contributed by atoms with Crippen molar-refractivity contribution >= 4 is 22.6 Å². The van der Waals surface area contributed by atoms with Crippen molar-refractivity contribution in [3.05, 3.63) is 66.2 Å². The Kier molecular flexibility index (Phi) is 5.30. The van der Waals surface area contributed by atoms with Crippen LogP contribution in [-0.2, 0) is 11.2 Å². The number of halogens is 1. The number of nitrogens with one attached hydrogen (secondary N) is 1. The topological polar surface area (TPSA) is 71.5 Å². The third-order valence-electron chi connectivity index (χ3n) is 5.25. The number of rotatable bonds is 5. The number of para-hydroxylation sites is 1. The van der Waals surface area contributed by atoms with Crippen molar-refractivity contribution in [2.75, 3.05) is 18.0 Å². The third-order valence-corrected chi connectivity index (χ3v) is 5.25. The molecule has 1 atom stereocenters. The number of hydrogen-bond donors (Lipinski definition) is 2. The van der Waals surface area contributed by atoms with Gasteiger partial charge in [-0.05, 0) is 43.2 Å². The van der Waals surface area contributed by atoms with E-state index in [1.54, 1.807) is 12.1 Å². The zero-order valence-electron chi connectivity index (χ0n) is 15.6. The lowest BCUT2D eigenvalue weighted by Crippen LogP contribution is -2.50. The molecule has 4 rings (SSSR count). The van der Waals surface area contributed by atoms with Crippen LogP contribution < -0.4 is 16.0 Å². The Morgan fingerprint density at radius 2 is 1.96 bits per heavy atom. The molecule has 5 nitrogen and oxygen atoms in total. The molecule has 1 saturated heterocycles. The van der Waals surface area contributed by atoms with Gasteiger partial charge >= 0.3 is 0 Å². The van der Waals surface area contributed by atoms with Crippen LogP contribution >= 0.6 is 0 Å². The minimum atomic E-state index is -0.651. The van der Waals surface area contributed by atoms with Gasteiger partial charge in [-0.15, -0.1) is 0 Å². The molecule has 146 valence electrons. The number of hydrogen-bond acceptors (Lipinski definition) is 4. The molecule has 3 N–H and O–H groups in total. The monoisotopic (exact) mass is 381 g/mol.